The lowest BCUT2D eigenvalue weighted by molar-refractivity contribution is -0.0625. The van der Waals surface area contributed by atoms with Crippen LogP contribution in [0.15, 0.2) is 36.4 Å². The van der Waals surface area contributed by atoms with Gasteiger partial charge in [0.05, 0.1) is 11.2 Å². The van der Waals surface area contributed by atoms with Crippen LogP contribution >= 0.6 is 0 Å². The number of anilines is 1. The smallest absolute Gasteiger partial charge is 0.181 e. The van der Waals surface area contributed by atoms with E-state index < -0.39 is 11.6 Å². The summed E-state index contributed by atoms with van der Waals surface area (Å²) in [6.07, 6.45) is 7.02. The number of nitrogens with one attached hydrogen (secondary N) is 1. The summed E-state index contributed by atoms with van der Waals surface area (Å²) in [4.78, 5) is 0. The second-order valence-electron chi connectivity index (χ2n) is 7.31. The molecule has 1 aromatic heterocycles. The number of aromatic nitrogens is 2. The van der Waals surface area contributed by atoms with Crippen molar-refractivity contribution in [2.75, 3.05) is 12.4 Å². The fourth-order valence-electron chi connectivity index (χ4n) is 3.72. The first-order chi connectivity index (χ1) is 13.5. The van der Waals surface area contributed by atoms with Gasteiger partial charge in [0.15, 0.2) is 17.4 Å². The highest BCUT2D eigenvalue weighted by Gasteiger charge is 2.40. The molecule has 4 rings (SSSR count). The molecular formula is C22H20FN3O2. The van der Waals surface area contributed by atoms with Crippen molar-refractivity contribution in [3.8, 4) is 29.4 Å². The molecule has 1 aliphatic rings. The van der Waals surface area contributed by atoms with E-state index in [1.54, 1.807) is 13.2 Å². The molecule has 0 radical (unpaired) electrons. The summed E-state index contributed by atoms with van der Waals surface area (Å²) in [7, 11) is 1.72. The lowest BCUT2D eigenvalue weighted by atomic mass is 9.77. The molecule has 6 heteroatoms. The third kappa shape index (κ3) is 2.94. The Bertz CT molecular complexity index is 1100. The van der Waals surface area contributed by atoms with Crippen molar-refractivity contribution in [2.24, 2.45) is 0 Å². The molecule has 0 unspecified atom stereocenters. The maximum Gasteiger partial charge on any atom is 0.181 e. The van der Waals surface area contributed by atoms with E-state index in [4.69, 9.17) is 11.2 Å². The van der Waals surface area contributed by atoms with Gasteiger partial charge in [0, 0.05) is 29.5 Å². The Hall–Kier alpha value is -3.17. The van der Waals surface area contributed by atoms with Gasteiger partial charge in [-0.2, -0.15) is 0 Å². The summed E-state index contributed by atoms with van der Waals surface area (Å²) in [6, 6.07) is 10.8. The van der Waals surface area contributed by atoms with Crippen molar-refractivity contribution >= 4 is 16.6 Å². The molecule has 3 aromatic rings. The number of phenols is 1. The average molecular weight is 377 g/mol. The number of fused-ring (bicyclic) bond motifs is 1. The van der Waals surface area contributed by atoms with Gasteiger partial charge in [0.2, 0.25) is 0 Å². The normalized spacial score (nSPS) is 21.1. The van der Waals surface area contributed by atoms with Crippen LogP contribution in [0.1, 0.15) is 25.3 Å². The Morgan fingerprint density at radius 3 is 2.61 bits per heavy atom. The van der Waals surface area contributed by atoms with Gasteiger partial charge in [-0.15, -0.1) is 16.6 Å². The maximum atomic E-state index is 14.3. The molecule has 1 saturated carbocycles. The number of ether oxygens (including phenoxy) is 1. The summed E-state index contributed by atoms with van der Waals surface area (Å²) in [5, 5.41) is 23.9. The summed E-state index contributed by atoms with van der Waals surface area (Å²) < 4.78 is 19.8. The molecule has 5 nitrogen and oxygen atoms in total. The van der Waals surface area contributed by atoms with Crippen LogP contribution in [0.5, 0.6) is 5.75 Å². The SMILES string of the molecule is C#Cc1ccc(-c2nnc(NC3CC(C)(OC)C3)c3ccccc23)c(O)c1F. The molecule has 1 fully saturated rings. The van der Waals surface area contributed by atoms with Gasteiger partial charge in [0.25, 0.3) is 0 Å². The number of nitrogens with zero attached hydrogens (tertiary/aromatic N) is 2. The van der Waals surface area contributed by atoms with Crippen molar-refractivity contribution in [1.29, 1.82) is 0 Å². The highest BCUT2D eigenvalue weighted by molar-refractivity contribution is 6.01. The quantitative estimate of drug-likeness (QED) is 0.670. The van der Waals surface area contributed by atoms with Crippen LogP contribution in [0.3, 0.4) is 0 Å². The fraction of sp³-hybridized carbons (Fsp3) is 0.273. The third-order valence-corrected chi connectivity index (χ3v) is 5.40. The molecule has 2 aromatic carbocycles. The minimum Gasteiger partial charge on any atom is -0.504 e. The van der Waals surface area contributed by atoms with E-state index in [1.807, 2.05) is 24.3 Å². The van der Waals surface area contributed by atoms with Gasteiger partial charge in [-0.25, -0.2) is 4.39 Å². The predicted octanol–water partition coefficient (Wildman–Crippen LogP) is 4.10. The second-order valence-corrected chi connectivity index (χ2v) is 7.31. The zero-order valence-electron chi connectivity index (χ0n) is 15.7. The van der Waals surface area contributed by atoms with Gasteiger partial charge in [-0.1, -0.05) is 30.2 Å². The number of halogens is 1. The first-order valence-electron chi connectivity index (χ1n) is 9.01. The number of benzene rings is 2. The Kier molecular flexibility index (Phi) is 4.40. The fourth-order valence-corrected chi connectivity index (χ4v) is 3.72. The molecule has 142 valence electrons. The topological polar surface area (TPSA) is 67.3 Å². The molecule has 0 atom stereocenters. The van der Waals surface area contributed by atoms with Crippen LogP contribution in [0.2, 0.25) is 0 Å². The molecule has 0 amide bonds. The second kappa shape index (κ2) is 6.77. The van der Waals surface area contributed by atoms with Crippen molar-refractivity contribution in [2.45, 2.75) is 31.4 Å². The van der Waals surface area contributed by atoms with E-state index in [2.05, 4.69) is 28.4 Å². The standard InChI is InChI=1S/C22H20FN3O2/c1-4-13-9-10-17(20(27)18(13)23)19-15-7-5-6-8-16(15)21(26-25-19)24-14-11-22(2,12-14)28-3/h1,5-10,14,27H,11-12H2,2-3H3,(H,24,26). The van der Waals surface area contributed by atoms with Gasteiger partial charge >= 0.3 is 0 Å². The molecule has 0 aliphatic heterocycles. The average Bonchev–Trinajstić information content (AvgIpc) is 2.69. The number of aromatic hydroxyl groups is 1. The van der Waals surface area contributed by atoms with Crippen molar-refractivity contribution in [3.63, 3.8) is 0 Å². The van der Waals surface area contributed by atoms with Gasteiger partial charge in [-0.3, -0.25) is 0 Å². The van der Waals surface area contributed by atoms with Crippen LogP contribution in [0.4, 0.5) is 10.2 Å². The number of terminal acetylenes is 1. The van der Waals surface area contributed by atoms with Crippen LogP contribution in [-0.4, -0.2) is 34.1 Å². The van der Waals surface area contributed by atoms with Crippen LogP contribution in [0, 0.1) is 18.2 Å². The summed E-state index contributed by atoms with van der Waals surface area (Å²) in [5.74, 6) is 1.52. The van der Waals surface area contributed by atoms with Crippen LogP contribution in [0.25, 0.3) is 22.0 Å². The van der Waals surface area contributed by atoms with Crippen LogP contribution < -0.4 is 5.32 Å². The van der Waals surface area contributed by atoms with Gasteiger partial charge in [-0.05, 0) is 31.9 Å². The molecule has 28 heavy (non-hydrogen) atoms. The Morgan fingerprint density at radius 2 is 1.93 bits per heavy atom. The van der Waals surface area contributed by atoms with E-state index in [9.17, 15) is 9.50 Å². The first kappa shape index (κ1) is 18.2. The zero-order chi connectivity index (χ0) is 19.9. The number of methoxy groups -OCH3 is 1. The maximum absolute atomic E-state index is 14.3. The molecule has 0 saturated heterocycles. The zero-order valence-corrected chi connectivity index (χ0v) is 15.7. The lowest BCUT2D eigenvalue weighted by Gasteiger charge is -2.44. The number of hydrogen-bond acceptors (Lipinski definition) is 5. The van der Waals surface area contributed by atoms with E-state index in [1.165, 1.54) is 6.07 Å². The van der Waals surface area contributed by atoms with Gasteiger partial charge in [0.1, 0.15) is 5.69 Å². The molecule has 0 spiro atoms. The third-order valence-electron chi connectivity index (χ3n) is 5.40. The van der Waals surface area contributed by atoms with E-state index >= 15 is 0 Å². The highest BCUT2D eigenvalue weighted by atomic mass is 19.1. The molecule has 0 bridgehead atoms. The molecule has 1 aliphatic carbocycles. The largest absolute Gasteiger partial charge is 0.504 e. The highest BCUT2D eigenvalue weighted by Crippen LogP contribution is 2.39. The number of hydrogen-bond donors (Lipinski definition) is 2. The minimum atomic E-state index is -0.832. The van der Waals surface area contributed by atoms with E-state index in [0.717, 1.165) is 23.6 Å². The molecule has 1 heterocycles. The summed E-state index contributed by atoms with van der Waals surface area (Å²) in [5.41, 5.74) is 0.546. The number of phenolic OH excluding ortho intramolecular Hbond substituents is 1. The van der Waals surface area contributed by atoms with Crippen molar-refractivity contribution in [1.82, 2.24) is 10.2 Å². The monoisotopic (exact) mass is 377 g/mol. The van der Waals surface area contributed by atoms with E-state index in [0.29, 0.717) is 11.5 Å². The van der Waals surface area contributed by atoms with Crippen molar-refractivity contribution < 1.29 is 14.2 Å². The number of rotatable bonds is 4. The lowest BCUT2D eigenvalue weighted by Crippen LogP contribution is -2.49. The Balaban J connectivity index is 1.75. The minimum absolute atomic E-state index is 0.00276. The van der Waals surface area contributed by atoms with Crippen LogP contribution in [-0.2, 0) is 4.74 Å². The van der Waals surface area contributed by atoms with Crippen molar-refractivity contribution in [3.05, 3.63) is 47.8 Å². The molecule has 2 N–H and O–H groups in total. The first-order valence-corrected chi connectivity index (χ1v) is 9.01. The van der Waals surface area contributed by atoms with Gasteiger partial charge < -0.3 is 15.2 Å². The summed E-state index contributed by atoms with van der Waals surface area (Å²) >= 11 is 0. The Labute approximate surface area is 162 Å². The predicted molar refractivity (Wildman–Crippen MR) is 107 cm³/mol. The summed E-state index contributed by atoms with van der Waals surface area (Å²) in [6.45, 7) is 2.08. The Morgan fingerprint density at radius 1 is 1.21 bits per heavy atom. The molecular weight excluding hydrogens is 357 g/mol. The van der Waals surface area contributed by atoms with E-state index in [-0.39, 0.29) is 22.8 Å².